The first-order valence-corrected chi connectivity index (χ1v) is 5.66. The number of carbonyl (C=O) groups is 2. The number of nitrogens with one attached hydrogen (secondary N) is 1. The second-order valence-corrected chi connectivity index (χ2v) is 4.73. The van der Waals surface area contributed by atoms with Crippen LogP contribution in [0.5, 0.6) is 0 Å². The van der Waals surface area contributed by atoms with Gasteiger partial charge in [0, 0.05) is 0 Å². The lowest BCUT2D eigenvalue weighted by molar-refractivity contribution is -0.138. The highest BCUT2D eigenvalue weighted by atomic mass is 16.4. The average Bonchev–Trinajstić information content (AvgIpc) is 2.28. The maximum atomic E-state index is 12.0. The molecule has 0 saturated heterocycles. The third-order valence-corrected chi connectivity index (χ3v) is 3.04. The maximum absolute atomic E-state index is 12.0. The predicted molar refractivity (Wildman–Crippen MR) is 65.0 cm³/mol. The van der Waals surface area contributed by atoms with Gasteiger partial charge < -0.3 is 10.4 Å². The van der Waals surface area contributed by atoms with Gasteiger partial charge in [0.1, 0.15) is 0 Å². The van der Waals surface area contributed by atoms with Gasteiger partial charge >= 0.3 is 5.97 Å². The van der Waals surface area contributed by atoms with E-state index in [1.807, 2.05) is 13.8 Å². The monoisotopic (exact) mass is 251 g/mol. The van der Waals surface area contributed by atoms with Crippen molar-refractivity contribution in [2.24, 2.45) is 5.92 Å². The molecule has 1 amide bonds. The smallest absolute Gasteiger partial charge is 0.305 e. The summed E-state index contributed by atoms with van der Waals surface area (Å²) in [5, 5.41) is 18.9. The number of carboxylic acid groups (broad SMARTS) is 1. The number of hydrogen-bond acceptors (Lipinski definition) is 4. The van der Waals surface area contributed by atoms with Crippen molar-refractivity contribution < 1.29 is 14.7 Å². The van der Waals surface area contributed by atoms with Crippen LogP contribution in [0.1, 0.15) is 37.6 Å². The molecule has 1 rings (SSSR count). The van der Waals surface area contributed by atoms with Gasteiger partial charge in [-0.2, -0.15) is 10.2 Å². The number of hydrogen-bond donors (Lipinski definition) is 2. The molecule has 0 spiro atoms. The standard InChI is InChI=1S/C12H17N3O3/c1-8(2)12(3,6-10(16)17)15-11(18)9-4-5-13-14-7-9/h4-5,7-8H,6H2,1-3H3,(H,15,18)(H,16,17). The third-order valence-electron chi connectivity index (χ3n) is 3.04. The fraction of sp³-hybridized carbons (Fsp3) is 0.500. The topological polar surface area (TPSA) is 92.2 Å². The van der Waals surface area contributed by atoms with Crippen LogP contribution >= 0.6 is 0 Å². The molecule has 1 aromatic heterocycles. The molecule has 6 nitrogen and oxygen atoms in total. The van der Waals surface area contributed by atoms with Crippen LogP contribution in [0.25, 0.3) is 0 Å². The number of aliphatic carboxylic acids is 1. The van der Waals surface area contributed by atoms with E-state index < -0.39 is 11.5 Å². The molecule has 6 heteroatoms. The number of nitrogens with zero attached hydrogens (tertiary/aromatic N) is 2. The van der Waals surface area contributed by atoms with Crippen LogP contribution in [-0.2, 0) is 4.79 Å². The van der Waals surface area contributed by atoms with Gasteiger partial charge in [-0.3, -0.25) is 9.59 Å². The van der Waals surface area contributed by atoms with E-state index in [9.17, 15) is 9.59 Å². The van der Waals surface area contributed by atoms with E-state index in [-0.39, 0.29) is 18.2 Å². The Morgan fingerprint density at radius 1 is 1.44 bits per heavy atom. The van der Waals surface area contributed by atoms with Crippen LogP contribution in [0.15, 0.2) is 18.5 Å². The van der Waals surface area contributed by atoms with Crippen LogP contribution in [0.2, 0.25) is 0 Å². The number of rotatable bonds is 5. The average molecular weight is 251 g/mol. The van der Waals surface area contributed by atoms with Gasteiger partial charge in [0.15, 0.2) is 0 Å². The highest BCUT2D eigenvalue weighted by Gasteiger charge is 2.33. The molecule has 0 bridgehead atoms. The van der Waals surface area contributed by atoms with Crippen molar-refractivity contribution in [3.8, 4) is 0 Å². The molecule has 0 aliphatic carbocycles. The molecule has 0 radical (unpaired) electrons. The van der Waals surface area contributed by atoms with Crippen LogP contribution in [0.4, 0.5) is 0 Å². The zero-order valence-corrected chi connectivity index (χ0v) is 10.7. The summed E-state index contributed by atoms with van der Waals surface area (Å²) in [6, 6.07) is 1.53. The number of amides is 1. The summed E-state index contributed by atoms with van der Waals surface area (Å²) in [6.07, 6.45) is 2.63. The summed E-state index contributed by atoms with van der Waals surface area (Å²) in [5.41, 5.74) is -0.436. The van der Waals surface area contributed by atoms with Crippen molar-refractivity contribution in [2.45, 2.75) is 32.7 Å². The number of carboxylic acids is 1. The first-order valence-electron chi connectivity index (χ1n) is 5.66. The van der Waals surface area contributed by atoms with Gasteiger partial charge in [0.2, 0.25) is 0 Å². The van der Waals surface area contributed by atoms with E-state index in [0.717, 1.165) is 0 Å². The maximum Gasteiger partial charge on any atom is 0.305 e. The summed E-state index contributed by atoms with van der Waals surface area (Å²) < 4.78 is 0. The summed E-state index contributed by atoms with van der Waals surface area (Å²) >= 11 is 0. The molecule has 1 aromatic rings. The Morgan fingerprint density at radius 3 is 2.56 bits per heavy atom. The fourth-order valence-electron chi connectivity index (χ4n) is 1.46. The molecule has 0 aliphatic rings. The fourth-order valence-corrected chi connectivity index (χ4v) is 1.46. The Morgan fingerprint density at radius 2 is 2.11 bits per heavy atom. The summed E-state index contributed by atoms with van der Waals surface area (Å²) in [7, 11) is 0. The molecule has 0 fully saturated rings. The van der Waals surface area contributed by atoms with E-state index in [1.165, 1.54) is 18.5 Å². The third kappa shape index (κ3) is 3.51. The highest BCUT2D eigenvalue weighted by molar-refractivity contribution is 5.94. The Labute approximate surface area is 105 Å². The molecule has 0 saturated carbocycles. The lowest BCUT2D eigenvalue weighted by Gasteiger charge is -2.33. The van der Waals surface area contributed by atoms with E-state index in [2.05, 4.69) is 15.5 Å². The zero-order chi connectivity index (χ0) is 13.8. The largest absolute Gasteiger partial charge is 0.481 e. The molecule has 98 valence electrons. The highest BCUT2D eigenvalue weighted by Crippen LogP contribution is 2.21. The van der Waals surface area contributed by atoms with Gasteiger partial charge in [0.25, 0.3) is 5.91 Å². The van der Waals surface area contributed by atoms with Crippen LogP contribution < -0.4 is 5.32 Å². The summed E-state index contributed by atoms with van der Waals surface area (Å²) in [6.45, 7) is 5.46. The molecule has 1 heterocycles. The summed E-state index contributed by atoms with van der Waals surface area (Å²) in [4.78, 5) is 22.8. The molecular weight excluding hydrogens is 234 g/mol. The lowest BCUT2D eigenvalue weighted by Crippen LogP contribution is -2.51. The van der Waals surface area contributed by atoms with Crippen molar-refractivity contribution in [1.29, 1.82) is 0 Å². The quantitative estimate of drug-likeness (QED) is 0.817. The molecule has 2 N–H and O–H groups in total. The van der Waals surface area contributed by atoms with Gasteiger partial charge in [-0.25, -0.2) is 0 Å². The van der Waals surface area contributed by atoms with E-state index >= 15 is 0 Å². The first-order chi connectivity index (χ1) is 8.35. The summed E-state index contributed by atoms with van der Waals surface area (Å²) in [5.74, 6) is -1.30. The minimum atomic E-state index is -0.945. The van der Waals surface area contributed by atoms with Crippen molar-refractivity contribution >= 4 is 11.9 Å². The predicted octanol–water partition coefficient (Wildman–Crippen LogP) is 1.10. The Bertz CT molecular complexity index is 433. The lowest BCUT2D eigenvalue weighted by atomic mass is 9.85. The molecule has 0 aliphatic heterocycles. The van der Waals surface area contributed by atoms with Crippen LogP contribution in [0.3, 0.4) is 0 Å². The van der Waals surface area contributed by atoms with Gasteiger partial charge in [-0.15, -0.1) is 0 Å². The Hall–Kier alpha value is -1.98. The van der Waals surface area contributed by atoms with Gasteiger partial charge in [0.05, 0.1) is 29.9 Å². The minimum Gasteiger partial charge on any atom is -0.481 e. The second-order valence-electron chi connectivity index (χ2n) is 4.73. The van der Waals surface area contributed by atoms with Crippen molar-refractivity contribution in [1.82, 2.24) is 15.5 Å². The second kappa shape index (κ2) is 5.57. The van der Waals surface area contributed by atoms with Gasteiger partial charge in [-0.1, -0.05) is 13.8 Å². The Kier molecular flexibility index (Phi) is 4.36. The number of aromatic nitrogens is 2. The van der Waals surface area contributed by atoms with Crippen molar-refractivity contribution in [2.75, 3.05) is 0 Å². The normalized spacial score (nSPS) is 14.0. The van der Waals surface area contributed by atoms with Crippen molar-refractivity contribution in [3.05, 3.63) is 24.0 Å². The Balaban J connectivity index is 2.85. The molecular formula is C12H17N3O3. The van der Waals surface area contributed by atoms with E-state index in [1.54, 1.807) is 6.92 Å². The minimum absolute atomic E-state index is 0.00709. The SMILES string of the molecule is CC(C)C(C)(CC(=O)O)NC(=O)c1ccnnc1. The molecule has 1 atom stereocenters. The molecule has 1 unspecified atom stereocenters. The molecule has 0 aromatic carbocycles. The van der Waals surface area contributed by atoms with Crippen LogP contribution in [0, 0.1) is 5.92 Å². The zero-order valence-electron chi connectivity index (χ0n) is 10.7. The van der Waals surface area contributed by atoms with Crippen molar-refractivity contribution in [3.63, 3.8) is 0 Å². The first kappa shape index (κ1) is 14.1. The van der Waals surface area contributed by atoms with E-state index in [0.29, 0.717) is 5.56 Å². The van der Waals surface area contributed by atoms with Gasteiger partial charge in [-0.05, 0) is 18.9 Å². The number of carbonyl (C=O) groups excluding carboxylic acids is 1. The van der Waals surface area contributed by atoms with E-state index in [4.69, 9.17) is 5.11 Å². The van der Waals surface area contributed by atoms with Crippen LogP contribution in [-0.4, -0.2) is 32.7 Å². The molecule has 18 heavy (non-hydrogen) atoms.